The topological polar surface area (TPSA) is 44.1 Å². The molecule has 1 aliphatic rings. The molecule has 1 saturated heterocycles. The van der Waals surface area contributed by atoms with E-state index in [1.807, 2.05) is 73.1 Å². The van der Waals surface area contributed by atoms with E-state index in [0.29, 0.717) is 18.9 Å². The van der Waals surface area contributed by atoms with Gasteiger partial charge in [0, 0.05) is 24.7 Å². The number of carbonyl (C=O) groups is 1. The van der Waals surface area contributed by atoms with Crippen molar-refractivity contribution < 1.29 is 9.53 Å². The number of aromatic nitrogens is 2. The number of imidazole rings is 1. The first-order valence-corrected chi connectivity index (χ1v) is 9.44. The molecule has 1 fully saturated rings. The second kappa shape index (κ2) is 7.03. The molecule has 4 rings (SSSR count). The highest BCUT2D eigenvalue weighted by Crippen LogP contribution is 2.43. The van der Waals surface area contributed by atoms with Crippen LogP contribution in [0.3, 0.4) is 0 Å². The van der Waals surface area contributed by atoms with Gasteiger partial charge in [-0.2, -0.15) is 0 Å². The molecular weight excluding hydrogens is 336 g/mol. The van der Waals surface area contributed by atoms with Crippen molar-refractivity contribution in [2.75, 3.05) is 0 Å². The summed E-state index contributed by atoms with van der Waals surface area (Å²) < 4.78 is 8.01. The first-order chi connectivity index (χ1) is 13.1. The number of ether oxygens (including phenoxy) is 1. The maximum atomic E-state index is 13.2. The van der Waals surface area contributed by atoms with E-state index in [4.69, 9.17) is 4.74 Å². The molecule has 1 aromatic heterocycles. The van der Waals surface area contributed by atoms with Crippen molar-refractivity contribution in [3.05, 3.63) is 90.0 Å². The molecule has 4 heteroatoms. The van der Waals surface area contributed by atoms with E-state index in [2.05, 4.69) is 23.4 Å². The molecule has 27 heavy (non-hydrogen) atoms. The Labute approximate surface area is 159 Å². The molecule has 0 unspecified atom stereocenters. The molecule has 1 aliphatic heterocycles. The predicted molar refractivity (Wildman–Crippen MR) is 104 cm³/mol. The van der Waals surface area contributed by atoms with Gasteiger partial charge in [0.1, 0.15) is 17.3 Å². The van der Waals surface area contributed by atoms with Crippen LogP contribution in [0.2, 0.25) is 0 Å². The van der Waals surface area contributed by atoms with Crippen LogP contribution in [0.4, 0.5) is 0 Å². The van der Waals surface area contributed by atoms with Gasteiger partial charge in [-0.3, -0.25) is 4.79 Å². The van der Waals surface area contributed by atoms with Gasteiger partial charge in [0.15, 0.2) is 0 Å². The summed E-state index contributed by atoms with van der Waals surface area (Å²) in [5, 5.41) is 0. The lowest BCUT2D eigenvalue weighted by atomic mass is 9.72. The van der Waals surface area contributed by atoms with Gasteiger partial charge in [-0.15, -0.1) is 0 Å². The van der Waals surface area contributed by atoms with Crippen molar-refractivity contribution in [1.82, 2.24) is 9.55 Å². The second-order valence-corrected chi connectivity index (χ2v) is 7.46. The minimum atomic E-state index is -0.758. The first kappa shape index (κ1) is 17.5. The van der Waals surface area contributed by atoms with Gasteiger partial charge in [0.25, 0.3) is 0 Å². The summed E-state index contributed by atoms with van der Waals surface area (Å²) in [5.41, 5.74) is 1.21. The lowest BCUT2D eigenvalue weighted by Gasteiger charge is -2.26. The normalized spacial score (nSPS) is 18.6. The molecule has 3 aromatic rings. The quantitative estimate of drug-likeness (QED) is 0.637. The fourth-order valence-corrected chi connectivity index (χ4v) is 4.10. The minimum Gasteiger partial charge on any atom is -0.459 e. The van der Waals surface area contributed by atoms with E-state index < -0.39 is 5.41 Å². The summed E-state index contributed by atoms with van der Waals surface area (Å²) in [6.07, 6.45) is 4.21. The van der Waals surface area contributed by atoms with E-state index in [1.54, 1.807) is 0 Å². The minimum absolute atomic E-state index is 0.170. The van der Waals surface area contributed by atoms with E-state index in [9.17, 15) is 4.79 Å². The Morgan fingerprint density at radius 3 is 2.22 bits per heavy atom. The van der Waals surface area contributed by atoms with E-state index >= 15 is 0 Å². The molecule has 0 amide bonds. The molecule has 4 nitrogen and oxygen atoms in total. The maximum absolute atomic E-state index is 13.2. The van der Waals surface area contributed by atoms with Crippen LogP contribution >= 0.6 is 0 Å². The Morgan fingerprint density at radius 2 is 1.67 bits per heavy atom. The van der Waals surface area contributed by atoms with Crippen LogP contribution in [-0.2, 0) is 21.5 Å². The van der Waals surface area contributed by atoms with Crippen LogP contribution in [0.25, 0.3) is 0 Å². The fraction of sp³-hybridized carbons (Fsp3) is 0.304. The largest absolute Gasteiger partial charge is 0.459 e. The van der Waals surface area contributed by atoms with Crippen LogP contribution in [0, 0.1) is 0 Å². The van der Waals surface area contributed by atoms with Crippen molar-refractivity contribution in [2.45, 2.75) is 44.2 Å². The molecule has 2 heterocycles. The standard InChI is InChI=1S/C23H24N2O2/c1-17(2)21-24-13-14-25(21)16-20-15-23(22(26)27-20,18-9-5-3-6-10-18)19-11-7-4-8-12-19/h3-14,17,20H,15-16H2,1-2H3/t20-/m0/s1. The summed E-state index contributed by atoms with van der Waals surface area (Å²) >= 11 is 0. The summed E-state index contributed by atoms with van der Waals surface area (Å²) in [7, 11) is 0. The highest BCUT2D eigenvalue weighted by molar-refractivity contribution is 5.89. The summed E-state index contributed by atoms with van der Waals surface area (Å²) in [6, 6.07) is 19.9. The number of hydrogen-bond donors (Lipinski definition) is 0. The number of cyclic esters (lactones) is 1. The number of esters is 1. The molecule has 0 radical (unpaired) electrons. The van der Waals surface area contributed by atoms with Crippen molar-refractivity contribution in [1.29, 1.82) is 0 Å². The number of benzene rings is 2. The molecule has 138 valence electrons. The number of rotatable bonds is 5. The summed E-state index contributed by atoms with van der Waals surface area (Å²) in [6.45, 7) is 4.87. The average Bonchev–Trinajstić information content (AvgIpc) is 3.28. The predicted octanol–water partition coefficient (Wildman–Crippen LogP) is 4.31. The zero-order valence-electron chi connectivity index (χ0n) is 15.7. The fourth-order valence-electron chi connectivity index (χ4n) is 4.10. The van der Waals surface area contributed by atoms with Crippen LogP contribution in [0.15, 0.2) is 73.1 Å². The van der Waals surface area contributed by atoms with Gasteiger partial charge in [-0.05, 0) is 11.1 Å². The highest BCUT2D eigenvalue weighted by Gasteiger charge is 2.51. The van der Waals surface area contributed by atoms with Crippen molar-refractivity contribution in [3.63, 3.8) is 0 Å². The smallest absolute Gasteiger partial charge is 0.321 e. The van der Waals surface area contributed by atoms with Gasteiger partial charge in [-0.25, -0.2) is 4.98 Å². The van der Waals surface area contributed by atoms with Crippen LogP contribution in [0.5, 0.6) is 0 Å². The molecule has 0 aliphatic carbocycles. The maximum Gasteiger partial charge on any atom is 0.321 e. The summed E-state index contributed by atoms with van der Waals surface area (Å²) in [4.78, 5) is 17.7. The van der Waals surface area contributed by atoms with E-state index in [1.165, 1.54) is 0 Å². The Balaban J connectivity index is 1.71. The molecular formula is C23H24N2O2. The van der Waals surface area contributed by atoms with Crippen LogP contribution in [-0.4, -0.2) is 21.6 Å². The van der Waals surface area contributed by atoms with Gasteiger partial charge in [0.2, 0.25) is 0 Å². The molecule has 0 bridgehead atoms. The van der Waals surface area contributed by atoms with Crippen LogP contribution < -0.4 is 0 Å². The van der Waals surface area contributed by atoms with Crippen molar-refractivity contribution in [2.24, 2.45) is 0 Å². The zero-order valence-corrected chi connectivity index (χ0v) is 15.7. The Bertz CT molecular complexity index is 876. The lowest BCUT2D eigenvalue weighted by Crippen LogP contribution is -2.33. The molecule has 0 saturated carbocycles. The Hall–Kier alpha value is -2.88. The average molecular weight is 360 g/mol. The van der Waals surface area contributed by atoms with Gasteiger partial charge in [-0.1, -0.05) is 74.5 Å². The molecule has 1 atom stereocenters. The monoisotopic (exact) mass is 360 g/mol. The zero-order chi connectivity index (χ0) is 18.9. The number of carbonyl (C=O) groups excluding carboxylic acids is 1. The third-order valence-corrected chi connectivity index (χ3v) is 5.35. The van der Waals surface area contributed by atoms with Crippen molar-refractivity contribution >= 4 is 5.97 Å². The van der Waals surface area contributed by atoms with Gasteiger partial charge < -0.3 is 9.30 Å². The first-order valence-electron chi connectivity index (χ1n) is 9.44. The number of hydrogen-bond acceptors (Lipinski definition) is 3. The molecule has 2 aromatic carbocycles. The number of nitrogens with zero attached hydrogens (tertiary/aromatic N) is 2. The summed E-state index contributed by atoms with van der Waals surface area (Å²) in [5.74, 6) is 1.17. The third kappa shape index (κ3) is 3.05. The van der Waals surface area contributed by atoms with Crippen molar-refractivity contribution in [3.8, 4) is 0 Å². The Kier molecular flexibility index (Phi) is 4.56. The van der Waals surface area contributed by atoms with Gasteiger partial charge >= 0.3 is 5.97 Å². The molecule has 0 spiro atoms. The highest BCUT2D eigenvalue weighted by atomic mass is 16.6. The van der Waals surface area contributed by atoms with E-state index in [-0.39, 0.29) is 12.1 Å². The Morgan fingerprint density at radius 1 is 1.07 bits per heavy atom. The lowest BCUT2D eigenvalue weighted by molar-refractivity contribution is -0.145. The second-order valence-electron chi connectivity index (χ2n) is 7.46. The third-order valence-electron chi connectivity index (χ3n) is 5.35. The van der Waals surface area contributed by atoms with Crippen LogP contribution in [0.1, 0.15) is 43.1 Å². The SMILES string of the molecule is CC(C)c1nccn1C[C@@H]1CC(c2ccccc2)(c2ccccc2)C(=O)O1. The van der Waals surface area contributed by atoms with E-state index in [0.717, 1.165) is 17.0 Å². The van der Waals surface area contributed by atoms with Gasteiger partial charge in [0.05, 0.1) is 6.54 Å². The molecule has 0 N–H and O–H groups in total.